The van der Waals surface area contributed by atoms with Gasteiger partial charge in [0, 0.05) is 17.8 Å². The van der Waals surface area contributed by atoms with Gasteiger partial charge in [-0.05, 0) is 68.7 Å². The molecule has 1 amide bonds. The van der Waals surface area contributed by atoms with Crippen LogP contribution in [0, 0.1) is 15.5 Å². The molecule has 0 saturated heterocycles. The normalized spacial score (nSPS) is 17.3. The van der Waals surface area contributed by atoms with Crippen LogP contribution in [0.1, 0.15) is 53.9 Å². The number of nitrogens with one attached hydrogen (secondary N) is 1. The predicted molar refractivity (Wildman–Crippen MR) is 130 cm³/mol. The number of nitrogens with zero attached hydrogens (tertiary/aromatic N) is 1. The van der Waals surface area contributed by atoms with Gasteiger partial charge in [-0.1, -0.05) is 55.4 Å². The molecular formula is C26H32N2O4. The minimum atomic E-state index is -0.703. The van der Waals surface area contributed by atoms with Crippen molar-refractivity contribution < 1.29 is 14.8 Å². The first-order chi connectivity index (χ1) is 15.0. The highest BCUT2D eigenvalue weighted by Gasteiger charge is 2.26. The molecule has 170 valence electrons. The van der Waals surface area contributed by atoms with E-state index in [0.717, 1.165) is 23.6 Å². The molecular weight excluding hydrogens is 404 g/mol. The number of anilines is 1. The van der Waals surface area contributed by atoms with E-state index in [1.54, 1.807) is 6.92 Å². The van der Waals surface area contributed by atoms with E-state index >= 15 is 0 Å². The molecule has 0 aliphatic heterocycles. The Kier molecular flexibility index (Phi) is 8.35. The summed E-state index contributed by atoms with van der Waals surface area (Å²) in [6.07, 6.45) is 15.1. The van der Waals surface area contributed by atoms with Crippen LogP contribution in [-0.4, -0.2) is 15.9 Å². The number of hydrogen-bond donors (Lipinski definition) is 2. The lowest BCUT2D eigenvalue weighted by molar-refractivity contribution is -0.385. The molecule has 2 rings (SSSR count). The average molecular weight is 437 g/mol. The lowest BCUT2D eigenvalue weighted by Gasteiger charge is -2.32. The van der Waals surface area contributed by atoms with Crippen LogP contribution in [0.25, 0.3) is 0 Å². The summed E-state index contributed by atoms with van der Waals surface area (Å²) in [5.41, 5.74) is 4.71. The van der Waals surface area contributed by atoms with E-state index in [4.69, 9.17) is 0 Å². The monoisotopic (exact) mass is 436 g/mol. The van der Waals surface area contributed by atoms with E-state index < -0.39 is 22.3 Å². The van der Waals surface area contributed by atoms with Crippen LogP contribution in [0.4, 0.5) is 11.4 Å². The van der Waals surface area contributed by atoms with Crippen LogP contribution >= 0.6 is 0 Å². The minimum Gasteiger partial charge on any atom is -0.502 e. The van der Waals surface area contributed by atoms with E-state index in [1.165, 1.54) is 42.2 Å². The smallest absolute Gasteiger partial charge is 0.312 e. The maximum atomic E-state index is 12.2. The van der Waals surface area contributed by atoms with Gasteiger partial charge in [-0.3, -0.25) is 14.9 Å². The predicted octanol–water partition coefficient (Wildman–Crippen LogP) is 6.77. The molecule has 0 heterocycles. The number of benzene rings is 1. The number of phenols is 1. The topological polar surface area (TPSA) is 92.5 Å². The molecule has 0 unspecified atom stereocenters. The molecule has 1 aliphatic carbocycles. The van der Waals surface area contributed by atoms with Crippen LogP contribution in [0.5, 0.6) is 5.75 Å². The molecule has 32 heavy (non-hydrogen) atoms. The van der Waals surface area contributed by atoms with Crippen molar-refractivity contribution in [3.8, 4) is 5.75 Å². The third-order valence-electron chi connectivity index (χ3n) is 5.57. The average Bonchev–Trinajstić information content (AvgIpc) is 2.68. The van der Waals surface area contributed by atoms with Gasteiger partial charge in [0.15, 0.2) is 5.75 Å². The fraction of sp³-hybridized carbons (Fsp3) is 0.346. The Hall–Kier alpha value is -3.41. The molecule has 0 spiro atoms. The summed E-state index contributed by atoms with van der Waals surface area (Å²) in [6, 6.07) is 3.70. The second kappa shape index (κ2) is 10.8. The summed E-state index contributed by atoms with van der Waals surface area (Å²) in [5, 5.41) is 22.9. The lowest BCUT2D eigenvalue weighted by atomic mass is 9.72. The Morgan fingerprint density at radius 3 is 2.59 bits per heavy atom. The number of allylic oxidation sites excluding steroid dienone is 9. The SMILES string of the molecule is CC1=C(/C=C/C(C)=C/C=C/C(C)=C/C(=O)Nc2ccc(O)c([N+](=O)[O-])c2)C(C)(C)CCC1. The van der Waals surface area contributed by atoms with E-state index in [1.807, 2.05) is 25.2 Å². The molecule has 0 radical (unpaired) electrons. The lowest BCUT2D eigenvalue weighted by Crippen LogP contribution is -2.19. The number of hydrogen-bond acceptors (Lipinski definition) is 4. The molecule has 6 heteroatoms. The van der Waals surface area contributed by atoms with Gasteiger partial charge in [-0.25, -0.2) is 0 Å². The molecule has 1 aromatic carbocycles. The van der Waals surface area contributed by atoms with Crippen LogP contribution in [0.2, 0.25) is 0 Å². The number of amides is 1. The standard InChI is InChI=1S/C26H32N2O4/c1-18(11-13-22-20(3)10-7-15-26(22,4)5)8-6-9-19(2)16-25(30)27-21-12-14-24(29)23(17-21)28(31)32/h6,8-9,11-14,16-17,29H,7,10,15H2,1-5H3,(H,27,30)/b9-6+,13-11+,18-8+,19-16+. The van der Waals surface area contributed by atoms with E-state index in [2.05, 4.69) is 38.2 Å². The molecule has 1 aliphatic rings. The summed E-state index contributed by atoms with van der Waals surface area (Å²) in [7, 11) is 0. The van der Waals surface area contributed by atoms with Crippen LogP contribution in [-0.2, 0) is 4.79 Å². The Balaban J connectivity index is 2.00. The number of aromatic hydroxyl groups is 1. The highest BCUT2D eigenvalue weighted by Crippen LogP contribution is 2.40. The van der Waals surface area contributed by atoms with Gasteiger partial charge in [0.25, 0.3) is 0 Å². The van der Waals surface area contributed by atoms with Gasteiger partial charge >= 0.3 is 5.69 Å². The molecule has 1 aromatic rings. The fourth-order valence-corrected chi connectivity index (χ4v) is 3.81. The zero-order chi connectivity index (χ0) is 23.9. The molecule has 0 bridgehead atoms. The fourth-order valence-electron chi connectivity index (χ4n) is 3.81. The number of nitro benzene ring substituents is 1. The highest BCUT2D eigenvalue weighted by atomic mass is 16.6. The Morgan fingerprint density at radius 2 is 1.94 bits per heavy atom. The van der Waals surface area contributed by atoms with Crippen molar-refractivity contribution in [2.24, 2.45) is 5.41 Å². The summed E-state index contributed by atoms with van der Waals surface area (Å²) < 4.78 is 0. The zero-order valence-corrected chi connectivity index (χ0v) is 19.4. The summed E-state index contributed by atoms with van der Waals surface area (Å²) in [4.78, 5) is 22.4. The first-order valence-corrected chi connectivity index (χ1v) is 10.7. The number of nitro groups is 1. The maximum absolute atomic E-state index is 12.2. The number of carbonyl (C=O) groups is 1. The minimum absolute atomic E-state index is 0.208. The Bertz CT molecular complexity index is 1040. The van der Waals surface area contributed by atoms with E-state index in [0.29, 0.717) is 0 Å². The summed E-state index contributed by atoms with van der Waals surface area (Å²) >= 11 is 0. The van der Waals surface area contributed by atoms with Crippen molar-refractivity contribution in [2.45, 2.75) is 53.9 Å². The van der Waals surface area contributed by atoms with Gasteiger partial charge < -0.3 is 10.4 Å². The van der Waals surface area contributed by atoms with E-state index in [9.17, 15) is 20.0 Å². The molecule has 0 aromatic heterocycles. The van der Waals surface area contributed by atoms with Crippen LogP contribution < -0.4 is 5.32 Å². The molecule has 6 nitrogen and oxygen atoms in total. The second-order valence-corrected chi connectivity index (χ2v) is 8.87. The number of carbonyl (C=O) groups excluding carboxylic acids is 1. The number of rotatable bonds is 7. The van der Waals surface area contributed by atoms with Crippen molar-refractivity contribution in [2.75, 3.05) is 5.32 Å². The molecule has 0 fully saturated rings. The summed E-state index contributed by atoms with van der Waals surface area (Å²) in [6.45, 7) is 10.6. The second-order valence-electron chi connectivity index (χ2n) is 8.87. The first-order valence-electron chi connectivity index (χ1n) is 10.7. The van der Waals surface area contributed by atoms with Crippen LogP contribution in [0.15, 0.2) is 76.9 Å². The van der Waals surface area contributed by atoms with Crippen molar-refractivity contribution in [3.63, 3.8) is 0 Å². The molecule has 2 N–H and O–H groups in total. The van der Waals surface area contributed by atoms with Gasteiger partial charge in [-0.2, -0.15) is 0 Å². The van der Waals surface area contributed by atoms with Crippen LogP contribution in [0.3, 0.4) is 0 Å². The first kappa shape index (κ1) is 24.9. The third-order valence-corrected chi connectivity index (χ3v) is 5.57. The molecule has 0 saturated carbocycles. The van der Waals surface area contributed by atoms with Gasteiger partial charge in [-0.15, -0.1) is 0 Å². The largest absolute Gasteiger partial charge is 0.502 e. The summed E-state index contributed by atoms with van der Waals surface area (Å²) in [5.74, 6) is -0.855. The van der Waals surface area contributed by atoms with Gasteiger partial charge in [0.05, 0.1) is 4.92 Å². The third kappa shape index (κ3) is 7.08. The maximum Gasteiger partial charge on any atom is 0.312 e. The van der Waals surface area contributed by atoms with E-state index in [-0.39, 0.29) is 11.1 Å². The van der Waals surface area contributed by atoms with Crippen molar-refractivity contribution >= 4 is 17.3 Å². The molecule has 0 atom stereocenters. The van der Waals surface area contributed by atoms with Crippen molar-refractivity contribution in [1.29, 1.82) is 0 Å². The highest BCUT2D eigenvalue weighted by molar-refractivity contribution is 6.00. The van der Waals surface area contributed by atoms with Gasteiger partial charge in [0.2, 0.25) is 5.91 Å². The quantitative estimate of drug-likeness (QED) is 0.162. The van der Waals surface area contributed by atoms with Crippen molar-refractivity contribution in [1.82, 2.24) is 0 Å². The van der Waals surface area contributed by atoms with Crippen molar-refractivity contribution in [3.05, 3.63) is 87.1 Å². The zero-order valence-electron chi connectivity index (χ0n) is 19.4. The Morgan fingerprint density at radius 1 is 1.22 bits per heavy atom. The Labute approximate surface area is 189 Å². The van der Waals surface area contributed by atoms with Gasteiger partial charge in [0.1, 0.15) is 0 Å². The number of phenolic OH excluding ortho intramolecular Hbond substituents is 1.